The van der Waals surface area contributed by atoms with Gasteiger partial charge in [0.1, 0.15) is 6.10 Å². The zero-order chi connectivity index (χ0) is 25.6. The molecule has 0 aliphatic heterocycles. The highest BCUT2D eigenvalue weighted by Crippen LogP contribution is 2.75. The first-order valence-electron chi connectivity index (χ1n) is 14.4. The van der Waals surface area contributed by atoms with Gasteiger partial charge in [0.15, 0.2) is 5.78 Å². The normalized spacial score (nSPS) is 49.1. The van der Waals surface area contributed by atoms with Crippen molar-refractivity contribution in [2.45, 2.75) is 112 Å². The molecule has 0 spiro atoms. The van der Waals surface area contributed by atoms with Crippen molar-refractivity contribution in [1.29, 1.82) is 0 Å². The lowest BCUT2D eigenvalue weighted by Crippen LogP contribution is -2.64. The van der Waals surface area contributed by atoms with E-state index >= 15 is 0 Å². The molecule has 0 aromatic carbocycles. The van der Waals surface area contributed by atoms with Crippen LogP contribution in [-0.2, 0) is 14.3 Å². The Bertz CT molecular complexity index is 975. The van der Waals surface area contributed by atoms with Crippen LogP contribution in [0, 0.1) is 51.2 Å². The molecule has 0 amide bonds. The molecule has 4 fully saturated rings. The van der Waals surface area contributed by atoms with Crippen molar-refractivity contribution in [3.05, 3.63) is 23.8 Å². The van der Waals surface area contributed by atoms with E-state index in [0.717, 1.165) is 24.8 Å². The Morgan fingerprint density at radius 2 is 1.74 bits per heavy atom. The van der Waals surface area contributed by atoms with Crippen molar-refractivity contribution < 1.29 is 14.3 Å². The highest BCUT2D eigenvalue weighted by Gasteiger charge is 2.68. The Kier molecular flexibility index (Phi) is 5.82. The van der Waals surface area contributed by atoms with Crippen molar-refractivity contribution in [2.75, 3.05) is 0 Å². The maximum atomic E-state index is 13.3. The van der Waals surface area contributed by atoms with E-state index in [1.807, 2.05) is 0 Å². The number of Topliss-reactive ketones (excluding diaryl/α,β-unsaturated/α-hetero) is 1. The molecule has 5 aliphatic carbocycles. The van der Waals surface area contributed by atoms with E-state index in [4.69, 9.17) is 4.74 Å². The van der Waals surface area contributed by atoms with E-state index in [2.05, 4.69) is 54.2 Å². The molecule has 5 rings (SSSR count). The molecule has 9 atom stereocenters. The summed E-state index contributed by atoms with van der Waals surface area (Å²) in [6, 6.07) is 0. The molecular formula is C32H48O3. The van der Waals surface area contributed by atoms with Crippen LogP contribution < -0.4 is 0 Å². The van der Waals surface area contributed by atoms with Crippen LogP contribution in [0.15, 0.2) is 23.8 Å². The molecule has 0 N–H and O–H groups in total. The summed E-state index contributed by atoms with van der Waals surface area (Å²) in [5, 5.41) is 0. The summed E-state index contributed by atoms with van der Waals surface area (Å²) < 4.78 is 5.79. The Balaban J connectivity index is 1.54. The smallest absolute Gasteiger partial charge is 0.302 e. The van der Waals surface area contributed by atoms with Crippen molar-refractivity contribution in [1.82, 2.24) is 0 Å². The second-order valence-electron chi connectivity index (χ2n) is 14.2. The van der Waals surface area contributed by atoms with E-state index in [-0.39, 0.29) is 34.2 Å². The number of ether oxygens (including phenoxy) is 1. The maximum Gasteiger partial charge on any atom is 0.302 e. The largest absolute Gasteiger partial charge is 0.462 e. The highest BCUT2D eigenvalue weighted by molar-refractivity contribution is 6.01. The van der Waals surface area contributed by atoms with Crippen LogP contribution >= 0.6 is 0 Å². The summed E-state index contributed by atoms with van der Waals surface area (Å²) in [6.45, 7) is 20.4. The maximum absolute atomic E-state index is 13.3. The molecular weight excluding hydrogens is 432 g/mol. The van der Waals surface area contributed by atoms with Crippen LogP contribution in [0.3, 0.4) is 0 Å². The second-order valence-corrected chi connectivity index (χ2v) is 14.2. The summed E-state index contributed by atoms with van der Waals surface area (Å²) >= 11 is 0. The average molecular weight is 481 g/mol. The zero-order valence-corrected chi connectivity index (χ0v) is 23.3. The molecule has 0 unspecified atom stereocenters. The van der Waals surface area contributed by atoms with Crippen molar-refractivity contribution in [3.8, 4) is 0 Å². The van der Waals surface area contributed by atoms with Gasteiger partial charge in [-0.1, -0.05) is 47.6 Å². The molecule has 3 nitrogen and oxygen atoms in total. The SMILES string of the molecule is C=C[C@@]12CC[C@]3(C)[C@H](CC[C@@H]4[C@@]5(C)CC[C@H](OC(C)=O)[C@H](C)[C@@H]5CC[C@]43C)C1=C(C(C)C)C(=O)C2. The minimum atomic E-state index is -0.132. The first-order valence-corrected chi connectivity index (χ1v) is 14.4. The first kappa shape index (κ1) is 25.3. The Morgan fingerprint density at radius 1 is 1.03 bits per heavy atom. The molecule has 0 bridgehead atoms. The molecule has 3 heteroatoms. The van der Waals surface area contributed by atoms with Crippen molar-refractivity contribution in [2.24, 2.45) is 51.2 Å². The fourth-order valence-electron chi connectivity index (χ4n) is 10.9. The molecule has 194 valence electrons. The summed E-state index contributed by atoms with van der Waals surface area (Å²) in [7, 11) is 0. The third-order valence-electron chi connectivity index (χ3n) is 12.7. The summed E-state index contributed by atoms with van der Waals surface area (Å²) in [6.07, 6.45) is 12.3. The second kappa shape index (κ2) is 8.06. The number of fused-ring (bicyclic) bond motifs is 7. The van der Waals surface area contributed by atoms with E-state index in [1.165, 1.54) is 37.7 Å². The van der Waals surface area contributed by atoms with Crippen LogP contribution in [0.1, 0.15) is 106 Å². The zero-order valence-electron chi connectivity index (χ0n) is 23.3. The minimum Gasteiger partial charge on any atom is -0.462 e. The van der Waals surface area contributed by atoms with Crippen LogP contribution in [0.25, 0.3) is 0 Å². The molecule has 0 heterocycles. The molecule has 5 aliphatic rings. The van der Waals surface area contributed by atoms with E-state index < -0.39 is 0 Å². The van der Waals surface area contributed by atoms with Gasteiger partial charge in [0, 0.05) is 18.8 Å². The van der Waals surface area contributed by atoms with Crippen LogP contribution in [0.5, 0.6) is 0 Å². The number of hydrogen-bond donors (Lipinski definition) is 0. The van der Waals surface area contributed by atoms with Gasteiger partial charge in [0.2, 0.25) is 0 Å². The fourth-order valence-corrected chi connectivity index (χ4v) is 10.9. The third-order valence-corrected chi connectivity index (χ3v) is 12.7. The molecule has 35 heavy (non-hydrogen) atoms. The first-order chi connectivity index (χ1) is 16.3. The fraction of sp³-hybridized carbons (Fsp3) is 0.812. The highest BCUT2D eigenvalue weighted by atomic mass is 16.5. The summed E-state index contributed by atoms with van der Waals surface area (Å²) in [5.74, 6) is 2.77. The number of ketones is 1. The lowest BCUT2D eigenvalue weighted by Gasteiger charge is -2.71. The Hall–Kier alpha value is -1.38. The molecule has 0 saturated heterocycles. The number of allylic oxidation sites excluding steroid dienone is 3. The monoisotopic (exact) mass is 480 g/mol. The van der Waals surface area contributed by atoms with Gasteiger partial charge < -0.3 is 4.74 Å². The van der Waals surface area contributed by atoms with Crippen LogP contribution in [0.4, 0.5) is 0 Å². The predicted octanol–water partition coefficient (Wildman–Crippen LogP) is 7.69. The lowest BCUT2D eigenvalue weighted by atomic mass is 9.34. The van der Waals surface area contributed by atoms with E-state index in [9.17, 15) is 9.59 Å². The van der Waals surface area contributed by atoms with E-state index in [1.54, 1.807) is 6.92 Å². The van der Waals surface area contributed by atoms with Crippen LogP contribution in [0.2, 0.25) is 0 Å². The predicted molar refractivity (Wildman–Crippen MR) is 141 cm³/mol. The Labute approximate surface area is 213 Å². The standard InChI is InChI=1S/C32H48O3/c1-9-32-17-16-30(7)23(28(32)27(19(2)3)24(34)18-32)10-11-26-29(6)14-13-25(35-21(5)33)20(4)22(29)12-15-31(26,30)8/h9,19-20,22-23,25-26H,1,10-18H2,2-8H3/t20-,22+,23-,25+,26-,29+,30-,31-,32+/m1/s1. The molecule has 0 aromatic heterocycles. The van der Waals surface area contributed by atoms with Gasteiger partial charge in [-0.3, -0.25) is 9.59 Å². The minimum absolute atomic E-state index is 0.0769. The molecule has 0 radical (unpaired) electrons. The molecule has 4 saturated carbocycles. The number of rotatable bonds is 3. The topological polar surface area (TPSA) is 43.4 Å². The summed E-state index contributed by atoms with van der Waals surface area (Å²) in [5.41, 5.74) is 3.33. The van der Waals surface area contributed by atoms with Gasteiger partial charge in [0.05, 0.1) is 0 Å². The number of hydrogen-bond acceptors (Lipinski definition) is 3. The number of carbonyl (C=O) groups excluding carboxylic acids is 2. The third kappa shape index (κ3) is 3.21. The number of esters is 1. The van der Waals surface area contributed by atoms with Gasteiger partial charge in [-0.05, 0) is 108 Å². The Morgan fingerprint density at radius 3 is 2.37 bits per heavy atom. The average Bonchev–Trinajstić information content (AvgIpc) is 3.09. The quantitative estimate of drug-likeness (QED) is 0.307. The van der Waals surface area contributed by atoms with Crippen molar-refractivity contribution in [3.63, 3.8) is 0 Å². The van der Waals surface area contributed by atoms with Gasteiger partial charge in [-0.15, -0.1) is 6.58 Å². The van der Waals surface area contributed by atoms with Gasteiger partial charge in [-0.2, -0.15) is 0 Å². The molecule has 0 aromatic rings. The van der Waals surface area contributed by atoms with Crippen LogP contribution in [-0.4, -0.2) is 17.9 Å². The van der Waals surface area contributed by atoms with Gasteiger partial charge >= 0.3 is 5.97 Å². The van der Waals surface area contributed by atoms with Gasteiger partial charge in [-0.25, -0.2) is 0 Å². The van der Waals surface area contributed by atoms with E-state index in [0.29, 0.717) is 41.3 Å². The summed E-state index contributed by atoms with van der Waals surface area (Å²) in [4.78, 5) is 25.1. The van der Waals surface area contributed by atoms with Gasteiger partial charge in [0.25, 0.3) is 0 Å². The van der Waals surface area contributed by atoms with Crippen molar-refractivity contribution >= 4 is 11.8 Å². The lowest BCUT2D eigenvalue weighted by molar-refractivity contribution is -0.214. The number of carbonyl (C=O) groups is 2.